The van der Waals surface area contributed by atoms with Crippen LogP contribution in [0.25, 0.3) is 5.76 Å². The Hall–Kier alpha value is -3.32. The average molecular weight is 496 g/mol. The summed E-state index contributed by atoms with van der Waals surface area (Å²) in [5.41, 5.74) is 0.853. The SMILES string of the molecule is Cc1ccc(C2/C(=C(/O)c3cccc(OC(C)C)c3)C(=O)C(=O)N2c2cccc(Br)c2)o1. The molecule has 0 spiro atoms. The molecule has 4 rings (SSSR count). The lowest BCUT2D eigenvalue weighted by Crippen LogP contribution is -2.29. The maximum Gasteiger partial charge on any atom is 0.300 e. The highest BCUT2D eigenvalue weighted by Gasteiger charge is 2.48. The molecule has 164 valence electrons. The summed E-state index contributed by atoms with van der Waals surface area (Å²) >= 11 is 3.41. The summed E-state index contributed by atoms with van der Waals surface area (Å²) < 4.78 is 12.3. The third kappa shape index (κ3) is 4.08. The molecule has 0 aliphatic carbocycles. The van der Waals surface area contributed by atoms with Crippen LogP contribution in [-0.2, 0) is 9.59 Å². The molecule has 32 heavy (non-hydrogen) atoms. The average Bonchev–Trinajstić information content (AvgIpc) is 3.28. The molecule has 3 aromatic rings. The number of hydrogen-bond donors (Lipinski definition) is 1. The van der Waals surface area contributed by atoms with Crippen molar-refractivity contribution in [3.63, 3.8) is 0 Å². The lowest BCUT2D eigenvalue weighted by atomic mass is 9.99. The molecule has 1 atom stereocenters. The molecule has 1 aliphatic heterocycles. The minimum atomic E-state index is -0.910. The van der Waals surface area contributed by atoms with Crippen molar-refractivity contribution < 1.29 is 23.8 Å². The smallest absolute Gasteiger partial charge is 0.300 e. The number of benzene rings is 2. The first-order chi connectivity index (χ1) is 15.3. The third-order valence-electron chi connectivity index (χ3n) is 5.04. The highest BCUT2D eigenvalue weighted by atomic mass is 79.9. The molecular weight excluding hydrogens is 474 g/mol. The van der Waals surface area contributed by atoms with Crippen LogP contribution in [0.2, 0.25) is 0 Å². The van der Waals surface area contributed by atoms with Gasteiger partial charge in [0.05, 0.1) is 11.7 Å². The lowest BCUT2D eigenvalue weighted by molar-refractivity contribution is -0.132. The van der Waals surface area contributed by atoms with E-state index in [1.165, 1.54) is 4.90 Å². The molecule has 6 nitrogen and oxygen atoms in total. The number of nitrogens with zero attached hydrogens (tertiary/aromatic N) is 1. The Morgan fingerprint density at radius 1 is 1.09 bits per heavy atom. The van der Waals surface area contributed by atoms with Crippen LogP contribution >= 0.6 is 15.9 Å². The number of aliphatic hydroxyl groups excluding tert-OH is 1. The van der Waals surface area contributed by atoms with Crippen LogP contribution < -0.4 is 9.64 Å². The van der Waals surface area contributed by atoms with Crippen molar-refractivity contribution in [1.82, 2.24) is 0 Å². The maximum atomic E-state index is 13.1. The van der Waals surface area contributed by atoms with Crippen molar-refractivity contribution in [2.75, 3.05) is 4.90 Å². The Kier molecular flexibility index (Phi) is 5.93. The predicted octanol–water partition coefficient (Wildman–Crippen LogP) is 5.76. The van der Waals surface area contributed by atoms with E-state index in [0.717, 1.165) is 4.47 Å². The summed E-state index contributed by atoms with van der Waals surface area (Å²) in [6, 6.07) is 16.4. The van der Waals surface area contributed by atoms with Gasteiger partial charge in [0.2, 0.25) is 0 Å². The number of Topliss-reactive ketones (excluding diaryl/α,β-unsaturated/α-hetero) is 1. The molecule has 1 N–H and O–H groups in total. The van der Waals surface area contributed by atoms with Gasteiger partial charge >= 0.3 is 0 Å². The number of ether oxygens (including phenoxy) is 1. The van der Waals surface area contributed by atoms with Crippen LogP contribution in [-0.4, -0.2) is 22.9 Å². The fraction of sp³-hybridized carbons (Fsp3) is 0.200. The van der Waals surface area contributed by atoms with Gasteiger partial charge in [-0.3, -0.25) is 14.5 Å². The predicted molar refractivity (Wildman–Crippen MR) is 125 cm³/mol. The molecule has 0 saturated carbocycles. The summed E-state index contributed by atoms with van der Waals surface area (Å²) in [7, 11) is 0. The largest absolute Gasteiger partial charge is 0.507 e. The number of hydrogen-bond acceptors (Lipinski definition) is 5. The molecule has 1 fully saturated rings. The Morgan fingerprint density at radius 2 is 1.84 bits per heavy atom. The molecule has 0 bridgehead atoms. The number of aryl methyl sites for hydroxylation is 1. The summed E-state index contributed by atoms with van der Waals surface area (Å²) in [5.74, 6) is -0.232. The van der Waals surface area contributed by atoms with Gasteiger partial charge in [0.1, 0.15) is 29.1 Å². The second-order valence-corrected chi connectivity index (χ2v) is 8.71. The number of anilines is 1. The number of ketones is 1. The van der Waals surface area contributed by atoms with Crippen LogP contribution in [0, 0.1) is 6.92 Å². The van der Waals surface area contributed by atoms with Gasteiger partial charge in [-0.1, -0.05) is 34.1 Å². The van der Waals surface area contributed by atoms with E-state index in [1.54, 1.807) is 61.5 Å². The Balaban J connectivity index is 1.90. The molecule has 1 unspecified atom stereocenters. The monoisotopic (exact) mass is 495 g/mol. The van der Waals surface area contributed by atoms with Crippen LogP contribution in [0.5, 0.6) is 5.75 Å². The first-order valence-corrected chi connectivity index (χ1v) is 11.0. The number of amides is 1. The van der Waals surface area contributed by atoms with Crippen LogP contribution in [0.1, 0.15) is 37.0 Å². The Morgan fingerprint density at radius 3 is 2.50 bits per heavy atom. The van der Waals surface area contributed by atoms with Crippen molar-refractivity contribution in [1.29, 1.82) is 0 Å². The number of carbonyl (C=O) groups is 2. The molecule has 2 heterocycles. The number of furan rings is 1. The van der Waals surface area contributed by atoms with E-state index >= 15 is 0 Å². The van der Waals surface area contributed by atoms with E-state index in [1.807, 2.05) is 19.9 Å². The number of aliphatic hydroxyl groups is 1. The number of carbonyl (C=O) groups excluding carboxylic acids is 2. The quantitative estimate of drug-likeness (QED) is 0.276. The van der Waals surface area contributed by atoms with Crippen LogP contribution in [0.3, 0.4) is 0 Å². The van der Waals surface area contributed by atoms with Gasteiger partial charge < -0.3 is 14.3 Å². The van der Waals surface area contributed by atoms with Gasteiger partial charge in [0.15, 0.2) is 0 Å². The number of rotatable bonds is 5. The molecule has 0 radical (unpaired) electrons. The second kappa shape index (κ2) is 8.67. The lowest BCUT2D eigenvalue weighted by Gasteiger charge is -2.23. The van der Waals surface area contributed by atoms with E-state index in [-0.39, 0.29) is 17.4 Å². The second-order valence-electron chi connectivity index (χ2n) is 7.79. The maximum absolute atomic E-state index is 13.1. The first-order valence-electron chi connectivity index (χ1n) is 10.2. The summed E-state index contributed by atoms with van der Waals surface area (Å²) in [5, 5.41) is 11.2. The highest BCUT2D eigenvalue weighted by Crippen LogP contribution is 2.43. The minimum Gasteiger partial charge on any atom is -0.507 e. The Bertz CT molecular complexity index is 1230. The van der Waals surface area contributed by atoms with Crippen molar-refractivity contribution in [2.24, 2.45) is 0 Å². The van der Waals surface area contributed by atoms with E-state index < -0.39 is 17.7 Å². The van der Waals surface area contributed by atoms with Gasteiger partial charge in [0, 0.05) is 15.7 Å². The summed E-state index contributed by atoms with van der Waals surface area (Å²) in [4.78, 5) is 27.6. The molecule has 7 heteroatoms. The van der Waals surface area contributed by atoms with E-state index in [4.69, 9.17) is 9.15 Å². The zero-order valence-electron chi connectivity index (χ0n) is 17.8. The van der Waals surface area contributed by atoms with Gasteiger partial charge in [0.25, 0.3) is 11.7 Å². The van der Waals surface area contributed by atoms with E-state index in [9.17, 15) is 14.7 Å². The number of halogens is 1. The summed E-state index contributed by atoms with van der Waals surface area (Å²) in [6.45, 7) is 5.58. The summed E-state index contributed by atoms with van der Waals surface area (Å²) in [6.07, 6.45) is -0.0550. The molecule has 2 aromatic carbocycles. The third-order valence-corrected chi connectivity index (χ3v) is 5.53. The van der Waals surface area contributed by atoms with Gasteiger partial charge in [-0.15, -0.1) is 0 Å². The van der Waals surface area contributed by atoms with Crippen molar-refractivity contribution in [3.8, 4) is 5.75 Å². The fourth-order valence-corrected chi connectivity index (χ4v) is 4.13. The molecule has 1 aromatic heterocycles. The van der Waals surface area contributed by atoms with Crippen molar-refractivity contribution >= 4 is 39.1 Å². The molecule has 1 saturated heterocycles. The first kappa shape index (κ1) is 21.9. The molecular formula is C25H22BrNO5. The van der Waals surface area contributed by atoms with E-state index in [2.05, 4.69) is 15.9 Å². The zero-order valence-corrected chi connectivity index (χ0v) is 19.4. The van der Waals surface area contributed by atoms with E-state index in [0.29, 0.717) is 28.5 Å². The zero-order chi connectivity index (χ0) is 23.0. The highest BCUT2D eigenvalue weighted by molar-refractivity contribution is 9.10. The van der Waals surface area contributed by atoms with Crippen molar-refractivity contribution in [3.05, 3.63) is 87.8 Å². The normalized spacial score (nSPS) is 17.9. The molecule has 1 aliphatic rings. The van der Waals surface area contributed by atoms with Gasteiger partial charge in [-0.25, -0.2) is 0 Å². The van der Waals surface area contributed by atoms with Crippen LogP contribution in [0.4, 0.5) is 5.69 Å². The van der Waals surface area contributed by atoms with Crippen molar-refractivity contribution in [2.45, 2.75) is 32.9 Å². The molecule has 1 amide bonds. The van der Waals surface area contributed by atoms with Crippen LogP contribution in [0.15, 0.2) is 75.1 Å². The van der Waals surface area contributed by atoms with Gasteiger partial charge in [-0.05, 0) is 63.2 Å². The minimum absolute atomic E-state index is 0.0361. The topological polar surface area (TPSA) is 80.0 Å². The standard InChI is InChI=1S/C25H22BrNO5/c1-14(2)31-19-9-4-6-16(12-19)23(28)21-22(20-11-10-15(3)32-20)27(25(30)24(21)29)18-8-5-7-17(26)13-18/h4-14,22,28H,1-3H3/b23-21-. The Labute approximate surface area is 194 Å². The van der Waals surface area contributed by atoms with Gasteiger partial charge in [-0.2, -0.15) is 0 Å². The fourth-order valence-electron chi connectivity index (χ4n) is 3.74.